The molecule has 1 nitrogen and oxygen atoms in total. The zero-order valence-electron chi connectivity index (χ0n) is 9.86. The van der Waals surface area contributed by atoms with E-state index in [9.17, 15) is 0 Å². The first-order chi connectivity index (χ1) is 8.43. The first kappa shape index (κ1) is 11.0. The first-order valence-corrected chi connectivity index (χ1v) is 7.15. The predicted octanol–water partition coefficient (Wildman–Crippen LogP) is 3.57. The minimum Gasteiger partial charge on any atom is -0.310 e. The number of thiophene rings is 1. The van der Waals surface area contributed by atoms with E-state index in [1.165, 1.54) is 35.3 Å². The van der Waals surface area contributed by atoms with Gasteiger partial charge in [0.25, 0.3) is 0 Å². The fourth-order valence-electron chi connectivity index (χ4n) is 2.59. The molecule has 2 aromatic rings. The van der Waals surface area contributed by atoms with Crippen molar-refractivity contribution in [2.24, 2.45) is 0 Å². The number of hydrogen-bond acceptors (Lipinski definition) is 2. The lowest BCUT2D eigenvalue weighted by molar-refractivity contribution is 0.477. The molecule has 0 amide bonds. The van der Waals surface area contributed by atoms with Crippen LogP contribution in [0.15, 0.2) is 41.8 Å². The minimum absolute atomic E-state index is 0.544. The van der Waals surface area contributed by atoms with E-state index < -0.39 is 0 Å². The Kier molecular flexibility index (Phi) is 3.25. The molecule has 0 saturated heterocycles. The van der Waals surface area contributed by atoms with Crippen molar-refractivity contribution in [3.05, 3.63) is 57.8 Å². The fraction of sp³-hybridized carbons (Fsp3) is 0.333. The molecule has 1 aromatic heterocycles. The highest BCUT2D eigenvalue weighted by atomic mass is 32.1. The molecule has 1 atom stereocenters. The van der Waals surface area contributed by atoms with Crippen LogP contribution in [0.4, 0.5) is 0 Å². The van der Waals surface area contributed by atoms with Gasteiger partial charge in [0, 0.05) is 10.9 Å². The minimum atomic E-state index is 0.544. The zero-order chi connectivity index (χ0) is 11.5. The van der Waals surface area contributed by atoms with Crippen molar-refractivity contribution in [1.29, 1.82) is 0 Å². The maximum atomic E-state index is 3.64. The van der Waals surface area contributed by atoms with Crippen molar-refractivity contribution in [3.8, 4) is 0 Å². The Hall–Kier alpha value is -1.12. The Balaban J connectivity index is 1.72. The molecular formula is C15H17NS. The van der Waals surface area contributed by atoms with E-state index in [1.54, 1.807) is 0 Å². The molecule has 1 unspecified atom stereocenters. The Morgan fingerprint density at radius 1 is 1.18 bits per heavy atom. The van der Waals surface area contributed by atoms with Crippen molar-refractivity contribution in [3.63, 3.8) is 0 Å². The summed E-state index contributed by atoms with van der Waals surface area (Å²) in [5.74, 6) is 0. The fourth-order valence-corrected chi connectivity index (χ4v) is 3.32. The maximum absolute atomic E-state index is 3.64. The molecule has 0 aliphatic carbocycles. The molecule has 0 radical (unpaired) electrons. The Bertz CT molecular complexity index is 475. The van der Waals surface area contributed by atoms with Gasteiger partial charge >= 0.3 is 0 Å². The summed E-state index contributed by atoms with van der Waals surface area (Å²) in [6.07, 6.45) is 3.56. The summed E-state index contributed by atoms with van der Waals surface area (Å²) >= 11 is 1.87. The molecule has 2 heterocycles. The molecule has 0 spiro atoms. The van der Waals surface area contributed by atoms with Crippen molar-refractivity contribution in [1.82, 2.24) is 5.32 Å². The number of aryl methyl sites for hydroxylation is 1. The number of nitrogens with one attached hydrogen (secondary N) is 1. The normalized spacial score (nSPS) is 18.9. The molecule has 1 aromatic carbocycles. The molecule has 1 aliphatic heterocycles. The second-order valence-electron chi connectivity index (χ2n) is 4.57. The molecule has 3 rings (SSSR count). The third-order valence-electron chi connectivity index (χ3n) is 3.48. The van der Waals surface area contributed by atoms with E-state index in [2.05, 4.69) is 47.1 Å². The van der Waals surface area contributed by atoms with Crippen molar-refractivity contribution in [2.45, 2.75) is 25.3 Å². The average molecular weight is 243 g/mol. The Morgan fingerprint density at radius 3 is 3.00 bits per heavy atom. The quantitative estimate of drug-likeness (QED) is 0.869. The van der Waals surface area contributed by atoms with Gasteiger partial charge in [-0.3, -0.25) is 0 Å². The summed E-state index contributed by atoms with van der Waals surface area (Å²) in [5.41, 5.74) is 3.04. The highest BCUT2D eigenvalue weighted by molar-refractivity contribution is 7.09. The molecule has 0 fully saturated rings. The molecule has 88 valence electrons. The van der Waals surface area contributed by atoms with Crippen LogP contribution in [-0.2, 0) is 12.8 Å². The van der Waals surface area contributed by atoms with E-state index in [0.29, 0.717) is 6.04 Å². The molecule has 0 saturated carbocycles. The van der Waals surface area contributed by atoms with Crippen LogP contribution in [0.2, 0.25) is 0 Å². The summed E-state index contributed by atoms with van der Waals surface area (Å²) in [6.45, 7) is 1.12. The van der Waals surface area contributed by atoms with Gasteiger partial charge in [-0.1, -0.05) is 30.3 Å². The summed E-state index contributed by atoms with van der Waals surface area (Å²) in [6, 6.07) is 13.8. The van der Waals surface area contributed by atoms with Gasteiger partial charge in [0.15, 0.2) is 0 Å². The number of fused-ring (bicyclic) bond motifs is 1. The van der Waals surface area contributed by atoms with Crippen LogP contribution in [0.25, 0.3) is 0 Å². The largest absolute Gasteiger partial charge is 0.310 e. The van der Waals surface area contributed by atoms with Crippen LogP contribution < -0.4 is 5.32 Å². The molecule has 1 N–H and O–H groups in total. The van der Waals surface area contributed by atoms with Crippen LogP contribution in [0.1, 0.15) is 28.5 Å². The maximum Gasteiger partial charge on any atom is 0.0326 e. The van der Waals surface area contributed by atoms with Crippen LogP contribution in [-0.4, -0.2) is 6.54 Å². The van der Waals surface area contributed by atoms with E-state index >= 15 is 0 Å². The van der Waals surface area contributed by atoms with Gasteiger partial charge in [-0.15, -0.1) is 11.3 Å². The monoisotopic (exact) mass is 243 g/mol. The summed E-state index contributed by atoms with van der Waals surface area (Å²) in [4.78, 5) is 1.50. The van der Waals surface area contributed by atoms with Crippen LogP contribution in [0, 0.1) is 0 Å². The predicted molar refractivity (Wildman–Crippen MR) is 73.5 cm³/mol. The SMILES string of the molecule is c1csc(CCC2NCCc3ccccc32)c1. The lowest BCUT2D eigenvalue weighted by atomic mass is 9.91. The van der Waals surface area contributed by atoms with Crippen molar-refractivity contribution < 1.29 is 0 Å². The van der Waals surface area contributed by atoms with Gasteiger partial charge < -0.3 is 5.32 Å². The van der Waals surface area contributed by atoms with E-state index in [4.69, 9.17) is 0 Å². The van der Waals surface area contributed by atoms with Crippen molar-refractivity contribution >= 4 is 11.3 Å². The molecule has 0 bridgehead atoms. The number of hydrogen-bond donors (Lipinski definition) is 1. The second kappa shape index (κ2) is 5.03. The topological polar surface area (TPSA) is 12.0 Å². The van der Waals surface area contributed by atoms with Gasteiger partial charge in [-0.25, -0.2) is 0 Å². The summed E-state index contributed by atoms with van der Waals surface area (Å²) < 4.78 is 0. The van der Waals surface area contributed by atoms with E-state index in [1.807, 2.05) is 11.3 Å². The summed E-state index contributed by atoms with van der Waals surface area (Å²) in [7, 11) is 0. The molecule has 1 aliphatic rings. The third-order valence-corrected chi connectivity index (χ3v) is 4.41. The smallest absolute Gasteiger partial charge is 0.0326 e. The lowest BCUT2D eigenvalue weighted by Gasteiger charge is -2.26. The third kappa shape index (κ3) is 2.43. The first-order valence-electron chi connectivity index (χ1n) is 6.27. The highest BCUT2D eigenvalue weighted by Gasteiger charge is 2.18. The van der Waals surface area contributed by atoms with Crippen molar-refractivity contribution in [2.75, 3.05) is 6.54 Å². The van der Waals surface area contributed by atoms with Gasteiger partial charge in [0.05, 0.1) is 0 Å². The van der Waals surface area contributed by atoms with Gasteiger partial charge in [0.2, 0.25) is 0 Å². The summed E-state index contributed by atoms with van der Waals surface area (Å²) in [5, 5.41) is 5.81. The van der Waals surface area contributed by atoms with Crippen LogP contribution in [0.3, 0.4) is 0 Å². The number of benzene rings is 1. The zero-order valence-corrected chi connectivity index (χ0v) is 10.7. The van der Waals surface area contributed by atoms with Gasteiger partial charge in [-0.05, 0) is 48.4 Å². The molecule has 17 heavy (non-hydrogen) atoms. The lowest BCUT2D eigenvalue weighted by Crippen LogP contribution is -2.30. The van der Waals surface area contributed by atoms with Crippen LogP contribution in [0.5, 0.6) is 0 Å². The van der Waals surface area contributed by atoms with Gasteiger partial charge in [0.1, 0.15) is 0 Å². The van der Waals surface area contributed by atoms with Gasteiger partial charge in [-0.2, -0.15) is 0 Å². The Morgan fingerprint density at radius 2 is 2.12 bits per heavy atom. The van der Waals surface area contributed by atoms with E-state index in [-0.39, 0.29) is 0 Å². The average Bonchev–Trinajstić information content (AvgIpc) is 2.89. The molecule has 2 heteroatoms. The second-order valence-corrected chi connectivity index (χ2v) is 5.61. The Labute approximate surface area is 106 Å². The number of rotatable bonds is 3. The highest BCUT2D eigenvalue weighted by Crippen LogP contribution is 2.27. The van der Waals surface area contributed by atoms with E-state index in [0.717, 1.165) is 6.54 Å². The van der Waals surface area contributed by atoms with Crippen LogP contribution >= 0.6 is 11.3 Å². The standard InChI is InChI=1S/C15H17NS/c1-2-6-14-12(4-1)9-10-16-15(14)8-7-13-5-3-11-17-13/h1-6,11,15-16H,7-10H2. The molecular weight excluding hydrogens is 226 g/mol.